The molecular weight excluding hydrogens is 458 g/mol. The molecule has 176 valence electrons. The minimum atomic E-state index is -0.185. The summed E-state index contributed by atoms with van der Waals surface area (Å²) >= 11 is 1.48. The first-order valence-electron chi connectivity index (χ1n) is 11.5. The van der Waals surface area contributed by atoms with Gasteiger partial charge in [-0.05, 0) is 36.6 Å². The van der Waals surface area contributed by atoms with Crippen LogP contribution in [0.5, 0.6) is 0 Å². The standard InChI is InChI=1S/C27H25N5O2S/c28-13-5-15-32(19-22-8-4-14-29-18-22)27(34)24-20-35-26(30-24)23-11-16-31(17-12-23)25(33)10-9-21-6-2-1-3-7-21/h1-4,6-8,14,18,20,23H,5,11-12,15-17,19H2. The number of rotatable bonds is 6. The summed E-state index contributed by atoms with van der Waals surface area (Å²) in [7, 11) is 0. The summed E-state index contributed by atoms with van der Waals surface area (Å²) in [6.07, 6.45) is 5.23. The molecule has 7 nitrogen and oxygen atoms in total. The zero-order chi connectivity index (χ0) is 24.5. The molecule has 4 rings (SSSR count). The van der Waals surface area contributed by atoms with Gasteiger partial charge in [-0.25, -0.2) is 4.98 Å². The second-order valence-electron chi connectivity index (χ2n) is 8.25. The zero-order valence-electron chi connectivity index (χ0n) is 19.3. The number of amides is 2. The lowest BCUT2D eigenvalue weighted by Gasteiger charge is -2.29. The Morgan fingerprint density at radius 3 is 2.66 bits per heavy atom. The molecule has 0 saturated carbocycles. The number of nitrogens with zero attached hydrogens (tertiary/aromatic N) is 5. The number of carbonyl (C=O) groups is 2. The van der Waals surface area contributed by atoms with Crippen molar-refractivity contribution in [3.8, 4) is 17.9 Å². The minimum Gasteiger partial charge on any atom is -0.332 e. The maximum atomic E-state index is 13.2. The third-order valence-electron chi connectivity index (χ3n) is 5.84. The fraction of sp³-hybridized carbons (Fsp3) is 0.296. The number of piperidine rings is 1. The van der Waals surface area contributed by atoms with E-state index in [1.165, 1.54) is 11.3 Å². The first-order chi connectivity index (χ1) is 17.1. The van der Waals surface area contributed by atoms with Crippen LogP contribution in [0, 0.1) is 23.2 Å². The highest BCUT2D eigenvalue weighted by molar-refractivity contribution is 7.09. The van der Waals surface area contributed by atoms with Gasteiger partial charge < -0.3 is 9.80 Å². The van der Waals surface area contributed by atoms with Gasteiger partial charge in [-0.2, -0.15) is 5.26 Å². The predicted molar refractivity (Wildman–Crippen MR) is 133 cm³/mol. The van der Waals surface area contributed by atoms with Crippen LogP contribution in [0.3, 0.4) is 0 Å². The maximum absolute atomic E-state index is 13.2. The van der Waals surface area contributed by atoms with Crippen molar-refractivity contribution in [2.24, 2.45) is 0 Å². The van der Waals surface area contributed by atoms with Crippen LogP contribution in [-0.4, -0.2) is 51.2 Å². The molecule has 35 heavy (non-hydrogen) atoms. The molecular formula is C27H25N5O2S. The topological polar surface area (TPSA) is 90.2 Å². The molecule has 2 amide bonds. The molecule has 2 aromatic heterocycles. The Kier molecular flexibility index (Phi) is 8.21. The van der Waals surface area contributed by atoms with Crippen molar-refractivity contribution in [3.05, 3.63) is 82.1 Å². The molecule has 1 aliphatic rings. The Morgan fingerprint density at radius 2 is 1.94 bits per heavy atom. The van der Waals surface area contributed by atoms with Gasteiger partial charge >= 0.3 is 0 Å². The molecule has 0 bridgehead atoms. The number of aromatic nitrogens is 2. The Hall–Kier alpha value is -4.01. The second-order valence-corrected chi connectivity index (χ2v) is 9.14. The van der Waals surface area contributed by atoms with Crippen molar-refractivity contribution in [2.75, 3.05) is 19.6 Å². The third-order valence-corrected chi connectivity index (χ3v) is 6.84. The quantitative estimate of drug-likeness (QED) is 0.497. The third kappa shape index (κ3) is 6.53. The molecule has 0 atom stereocenters. The van der Waals surface area contributed by atoms with E-state index in [0.717, 1.165) is 29.0 Å². The van der Waals surface area contributed by atoms with Crippen molar-refractivity contribution in [3.63, 3.8) is 0 Å². The van der Waals surface area contributed by atoms with Crippen molar-refractivity contribution >= 4 is 23.2 Å². The van der Waals surface area contributed by atoms with E-state index in [-0.39, 0.29) is 24.2 Å². The zero-order valence-corrected chi connectivity index (χ0v) is 20.1. The number of benzene rings is 1. The van der Waals surface area contributed by atoms with Crippen LogP contribution in [-0.2, 0) is 11.3 Å². The number of pyridine rings is 1. The molecule has 1 fully saturated rings. The predicted octanol–water partition coefficient (Wildman–Crippen LogP) is 3.85. The summed E-state index contributed by atoms with van der Waals surface area (Å²) in [6.45, 7) is 1.95. The Balaban J connectivity index is 1.36. The molecule has 0 N–H and O–H groups in total. The van der Waals surface area contributed by atoms with Crippen LogP contribution in [0.1, 0.15) is 51.8 Å². The van der Waals surface area contributed by atoms with E-state index < -0.39 is 0 Å². The average Bonchev–Trinajstić information content (AvgIpc) is 3.41. The normalized spacial score (nSPS) is 13.4. The smallest absolute Gasteiger partial charge is 0.298 e. The molecule has 0 radical (unpaired) electrons. The number of hydrogen-bond acceptors (Lipinski definition) is 6. The summed E-state index contributed by atoms with van der Waals surface area (Å²) < 4.78 is 0. The lowest BCUT2D eigenvalue weighted by molar-refractivity contribution is -0.126. The van der Waals surface area contributed by atoms with Crippen LogP contribution in [0.15, 0.2) is 60.2 Å². The number of nitriles is 1. The van der Waals surface area contributed by atoms with Gasteiger partial charge in [0.2, 0.25) is 0 Å². The van der Waals surface area contributed by atoms with Crippen molar-refractivity contribution in [2.45, 2.75) is 31.7 Å². The van der Waals surface area contributed by atoms with E-state index >= 15 is 0 Å². The van der Waals surface area contributed by atoms with Crippen LogP contribution < -0.4 is 0 Å². The van der Waals surface area contributed by atoms with Gasteiger partial charge in [-0.15, -0.1) is 11.3 Å². The van der Waals surface area contributed by atoms with Crippen molar-refractivity contribution in [1.29, 1.82) is 5.26 Å². The lowest BCUT2D eigenvalue weighted by Crippen LogP contribution is -2.37. The lowest BCUT2D eigenvalue weighted by atomic mass is 9.97. The van der Waals surface area contributed by atoms with Gasteiger partial charge in [0.05, 0.1) is 17.5 Å². The number of likely N-dealkylation sites (tertiary alicyclic amines) is 1. The van der Waals surface area contributed by atoms with E-state index in [1.54, 1.807) is 27.6 Å². The maximum Gasteiger partial charge on any atom is 0.298 e. The highest BCUT2D eigenvalue weighted by Crippen LogP contribution is 2.30. The molecule has 1 saturated heterocycles. The molecule has 0 unspecified atom stereocenters. The van der Waals surface area contributed by atoms with Crippen molar-refractivity contribution in [1.82, 2.24) is 19.8 Å². The fourth-order valence-corrected chi connectivity index (χ4v) is 4.91. The summed E-state index contributed by atoms with van der Waals surface area (Å²) in [5.41, 5.74) is 2.13. The second kappa shape index (κ2) is 11.9. The summed E-state index contributed by atoms with van der Waals surface area (Å²) in [5.74, 6) is 5.52. The Morgan fingerprint density at radius 1 is 1.14 bits per heavy atom. The highest BCUT2D eigenvalue weighted by Gasteiger charge is 2.27. The van der Waals surface area contributed by atoms with E-state index in [2.05, 4.69) is 27.9 Å². The van der Waals surface area contributed by atoms with E-state index in [4.69, 9.17) is 5.26 Å². The van der Waals surface area contributed by atoms with Crippen molar-refractivity contribution < 1.29 is 9.59 Å². The van der Waals surface area contributed by atoms with Crippen LogP contribution in [0.25, 0.3) is 0 Å². The summed E-state index contributed by atoms with van der Waals surface area (Å²) in [5, 5.41) is 11.7. The molecule has 0 spiro atoms. The molecule has 1 aliphatic heterocycles. The van der Waals surface area contributed by atoms with Gasteiger partial charge in [0.25, 0.3) is 11.8 Å². The van der Waals surface area contributed by atoms with Gasteiger partial charge in [-0.3, -0.25) is 14.6 Å². The Bertz CT molecular complexity index is 1250. The fourth-order valence-electron chi connectivity index (χ4n) is 3.94. The molecule has 1 aromatic carbocycles. The summed E-state index contributed by atoms with van der Waals surface area (Å²) in [6, 6.07) is 15.3. The molecule has 8 heteroatoms. The molecule has 3 heterocycles. The SMILES string of the molecule is N#CCCN(Cc1cccnc1)C(=O)c1csc(C2CCN(C(=O)C#Cc3ccccc3)CC2)n1. The van der Waals surface area contributed by atoms with E-state index in [0.29, 0.717) is 31.9 Å². The highest BCUT2D eigenvalue weighted by atomic mass is 32.1. The van der Waals surface area contributed by atoms with Crippen LogP contribution in [0.4, 0.5) is 0 Å². The van der Waals surface area contributed by atoms with Gasteiger partial charge in [0.1, 0.15) is 5.69 Å². The minimum absolute atomic E-state index is 0.161. The molecule has 3 aromatic rings. The average molecular weight is 484 g/mol. The number of carbonyl (C=O) groups excluding carboxylic acids is 2. The Labute approximate surface area is 209 Å². The van der Waals surface area contributed by atoms with Gasteiger partial charge in [-0.1, -0.05) is 30.2 Å². The van der Waals surface area contributed by atoms with Gasteiger partial charge in [0, 0.05) is 61.4 Å². The van der Waals surface area contributed by atoms with Crippen LogP contribution in [0.2, 0.25) is 0 Å². The largest absolute Gasteiger partial charge is 0.332 e. The number of hydrogen-bond donors (Lipinski definition) is 0. The first-order valence-corrected chi connectivity index (χ1v) is 12.4. The summed E-state index contributed by atoms with van der Waals surface area (Å²) in [4.78, 5) is 37.8. The van der Waals surface area contributed by atoms with Crippen LogP contribution >= 0.6 is 11.3 Å². The van der Waals surface area contributed by atoms with Gasteiger partial charge in [0.15, 0.2) is 0 Å². The van der Waals surface area contributed by atoms with E-state index in [1.807, 2.05) is 42.5 Å². The number of thiazole rings is 1. The monoisotopic (exact) mass is 483 g/mol. The van der Waals surface area contributed by atoms with E-state index in [9.17, 15) is 9.59 Å². The first kappa shape index (κ1) is 24.1. The molecule has 0 aliphatic carbocycles.